The number of carbonyl (C=O) groups excluding carboxylic acids is 1. The van der Waals surface area contributed by atoms with Crippen LogP contribution in [0.4, 0.5) is 10.5 Å². The van der Waals surface area contributed by atoms with Crippen LogP contribution in [0.25, 0.3) is 0 Å². The van der Waals surface area contributed by atoms with Crippen molar-refractivity contribution in [2.75, 3.05) is 18.5 Å². The molecule has 0 saturated carbocycles. The Morgan fingerprint density at radius 2 is 2.41 bits per heavy atom. The van der Waals surface area contributed by atoms with Gasteiger partial charge >= 0.3 is 6.09 Å². The van der Waals surface area contributed by atoms with Gasteiger partial charge in [-0.2, -0.15) is 5.10 Å². The minimum Gasteiger partial charge on any atom is -0.448 e. The maximum absolute atomic E-state index is 11.7. The van der Waals surface area contributed by atoms with Crippen LogP contribution in [0.3, 0.4) is 0 Å². The number of nitrogens with two attached hydrogens (primary N) is 1. The molecule has 0 radical (unpaired) electrons. The monoisotopic (exact) mass is 304 g/mol. The number of aryl methyl sites for hydroxylation is 1. The van der Waals surface area contributed by atoms with Gasteiger partial charge in [0.15, 0.2) is 0 Å². The summed E-state index contributed by atoms with van der Waals surface area (Å²) >= 11 is 3.18. The van der Waals surface area contributed by atoms with Gasteiger partial charge in [0.25, 0.3) is 5.56 Å². The second-order valence-corrected chi connectivity index (χ2v) is 3.88. The van der Waals surface area contributed by atoms with E-state index in [-0.39, 0.29) is 12.2 Å². The first-order valence-corrected chi connectivity index (χ1v) is 5.77. The predicted octanol–water partition coefficient (Wildman–Crippen LogP) is 0.533. The lowest BCUT2D eigenvalue weighted by Crippen LogP contribution is -2.24. The number of hydrogen-bond donors (Lipinski definition) is 2. The van der Waals surface area contributed by atoms with E-state index >= 15 is 0 Å². The summed E-state index contributed by atoms with van der Waals surface area (Å²) in [6, 6.07) is 0. The highest BCUT2D eigenvalue weighted by Gasteiger charge is 2.07. The van der Waals surface area contributed by atoms with Crippen LogP contribution in [0.2, 0.25) is 0 Å². The van der Waals surface area contributed by atoms with Gasteiger partial charge in [-0.05, 0) is 22.9 Å². The number of aromatic nitrogens is 2. The van der Waals surface area contributed by atoms with Crippen molar-refractivity contribution in [1.29, 1.82) is 0 Å². The van der Waals surface area contributed by atoms with E-state index in [9.17, 15) is 9.59 Å². The van der Waals surface area contributed by atoms with Crippen molar-refractivity contribution >= 4 is 27.7 Å². The summed E-state index contributed by atoms with van der Waals surface area (Å²) in [4.78, 5) is 22.0. The third-order valence-corrected chi connectivity index (χ3v) is 2.71. The summed E-state index contributed by atoms with van der Waals surface area (Å²) in [6.07, 6.45) is 0.699. The molecule has 1 rings (SSSR count). The molecule has 94 valence electrons. The molecule has 7 nitrogen and oxygen atoms in total. The van der Waals surface area contributed by atoms with Crippen LogP contribution in [0.1, 0.15) is 6.92 Å². The number of primary amides is 1. The smallest absolute Gasteiger partial charge is 0.404 e. The van der Waals surface area contributed by atoms with Crippen LogP contribution in [-0.4, -0.2) is 29.0 Å². The van der Waals surface area contributed by atoms with E-state index in [1.807, 2.05) is 6.92 Å². The Kier molecular flexibility index (Phi) is 4.95. The summed E-state index contributed by atoms with van der Waals surface area (Å²) < 4.78 is 6.26. The Bertz CT molecular complexity index is 460. The van der Waals surface area contributed by atoms with Crippen LogP contribution in [0.5, 0.6) is 0 Å². The van der Waals surface area contributed by atoms with Crippen molar-refractivity contribution in [2.24, 2.45) is 5.73 Å². The summed E-state index contributed by atoms with van der Waals surface area (Å²) in [5, 5.41) is 6.86. The van der Waals surface area contributed by atoms with Crippen molar-refractivity contribution in [2.45, 2.75) is 13.5 Å². The number of hydrogen-bond acceptors (Lipinski definition) is 5. The highest BCUT2D eigenvalue weighted by atomic mass is 79.9. The largest absolute Gasteiger partial charge is 0.448 e. The normalized spacial score (nSPS) is 10.0. The zero-order chi connectivity index (χ0) is 12.8. The van der Waals surface area contributed by atoms with Crippen LogP contribution in [-0.2, 0) is 11.3 Å². The fourth-order valence-corrected chi connectivity index (χ4v) is 1.60. The third kappa shape index (κ3) is 3.74. The maximum Gasteiger partial charge on any atom is 0.404 e. The molecule has 0 aromatic carbocycles. The topological polar surface area (TPSA) is 99.2 Å². The van der Waals surface area contributed by atoms with Gasteiger partial charge in [-0.1, -0.05) is 0 Å². The van der Waals surface area contributed by atoms with Crippen molar-refractivity contribution < 1.29 is 9.53 Å². The lowest BCUT2D eigenvalue weighted by atomic mass is 10.4. The molecule has 1 heterocycles. The summed E-state index contributed by atoms with van der Waals surface area (Å²) in [5.74, 6) is 0. The first kappa shape index (κ1) is 13.5. The van der Waals surface area contributed by atoms with E-state index < -0.39 is 6.09 Å². The number of rotatable bonds is 5. The Balaban J connectivity index is 2.63. The van der Waals surface area contributed by atoms with E-state index in [2.05, 4.69) is 31.1 Å². The van der Waals surface area contributed by atoms with Crippen molar-refractivity contribution in [3.8, 4) is 0 Å². The van der Waals surface area contributed by atoms with Crippen LogP contribution in [0, 0.1) is 0 Å². The average molecular weight is 305 g/mol. The molecule has 0 atom stereocenters. The van der Waals surface area contributed by atoms with Crippen LogP contribution < -0.4 is 16.6 Å². The SMILES string of the molecule is CCn1ncc(NCCOC(N)=O)c(Br)c1=O. The van der Waals surface area contributed by atoms with Crippen molar-refractivity contribution in [1.82, 2.24) is 9.78 Å². The van der Waals surface area contributed by atoms with E-state index in [0.717, 1.165) is 0 Å². The first-order chi connectivity index (χ1) is 8.06. The molecule has 1 aromatic heterocycles. The van der Waals surface area contributed by atoms with Gasteiger partial charge in [0.1, 0.15) is 11.1 Å². The van der Waals surface area contributed by atoms with Gasteiger partial charge in [0.05, 0.1) is 11.9 Å². The molecule has 8 heteroatoms. The molecule has 3 N–H and O–H groups in total. The molecule has 0 unspecified atom stereocenters. The first-order valence-electron chi connectivity index (χ1n) is 4.98. The lowest BCUT2D eigenvalue weighted by molar-refractivity contribution is 0.161. The predicted molar refractivity (Wildman–Crippen MR) is 65.9 cm³/mol. The van der Waals surface area contributed by atoms with Crippen molar-refractivity contribution in [3.05, 3.63) is 21.0 Å². The van der Waals surface area contributed by atoms with Gasteiger partial charge in [-0.25, -0.2) is 9.48 Å². The Hall–Kier alpha value is -1.57. The molecule has 0 fully saturated rings. The molecule has 0 aliphatic heterocycles. The molecule has 0 aliphatic rings. The number of amides is 1. The summed E-state index contributed by atoms with van der Waals surface area (Å²) in [7, 11) is 0. The number of nitrogens with one attached hydrogen (secondary N) is 1. The molecular weight excluding hydrogens is 292 g/mol. The number of halogens is 1. The molecule has 0 aliphatic carbocycles. The molecule has 0 spiro atoms. The Labute approximate surface area is 106 Å². The number of nitrogens with zero attached hydrogens (tertiary/aromatic N) is 2. The van der Waals surface area contributed by atoms with Gasteiger partial charge in [-0.15, -0.1) is 0 Å². The number of ether oxygens (including phenoxy) is 1. The highest BCUT2D eigenvalue weighted by molar-refractivity contribution is 9.10. The van der Waals surface area contributed by atoms with Crippen molar-refractivity contribution in [3.63, 3.8) is 0 Å². The average Bonchev–Trinajstić information content (AvgIpc) is 2.29. The zero-order valence-electron chi connectivity index (χ0n) is 9.27. The Morgan fingerprint density at radius 3 is 3.00 bits per heavy atom. The second kappa shape index (κ2) is 6.24. The minimum atomic E-state index is -0.828. The van der Waals surface area contributed by atoms with Gasteiger partial charge in [0.2, 0.25) is 0 Å². The molecular formula is C9H13BrN4O3. The molecule has 1 amide bonds. The number of carbonyl (C=O) groups is 1. The quantitative estimate of drug-likeness (QED) is 0.773. The maximum atomic E-state index is 11.7. The van der Waals surface area contributed by atoms with Crippen LogP contribution >= 0.6 is 15.9 Å². The fourth-order valence-electron chi connectivity index (χ4n) is 1.15. The molecule has 0 saturated heterocycles. The Morgan fingerprint density at radius 1 is 1.71 bits per heavy atom. The van der Waals surface area contributed by atoms with E-state index in [1.165, 1.54) is 10.9 Å². The lowest BCUT2D eigenvalue weighted by Gasteiger charge is -2.09. The van der Waals surface area contributed by atoms with E-state index in [1.54, 1.807) is 0 Å². The fraction of sp³-hybridized carbons (Fsp3) is 0.444. The van der Waals surface area contributed by atoms with E-state index in [0.29, 0.717) is 23.2 Å². The van der Waals surface area contributed by atoms with Gasteiger partial charge in [-0.3, -0.25) is 4.79 Å². The highest BCUT2D eigenvalue weighted by Crippen LogP contribution is 2.15. The zero-order valence-corrected chi connectivity index (χ0v) is 10.9. The molecule has 1 aromatic rings. The van der Waals surface area contributed by atoms with Gasteiger partial charge in [0, 0.05) is 13.1 Å². The molecule has 17 heavy (non-hydrogen) atoms. The number of anilines is 1. The standard InChI is InChI=1S/C9H13BrN4O3/c1-2-14-8(15)7(10)6(5-13-14)12-3-4-17-9(11)16/h5,12H,2-4H2,1H3,(H2,11,16). The summed E-state index contributed by atoms with van der Waals surface area (Å²) in [5.41, 5.74) is 5.13. The van der Waals surface area contributed by atoms with Crippen LogP contribution in [0.15, 0.2) is 15.5 Å². The van der Waals surface area contributed by atoms with Gasteiger partial charge < -0.3 is 15.8 Å². The third-order valence-electron chi connectivity index (χ3n) is 1.95. The van der Waals surface area contributed by atoms with E-state index in [4.69, 9.17) is 5.73 Å². The second-order valence-electron chi connectivity index (χ2n) is 3.09. The minimum absolute atomic E-state index is 0.124. The summed E-state index contributed by atoms with van der Waals surface area (Å²) in [6.45, 7) is 2.80. The molecule has 0 bridgehead atoms.